The lowest BCUT2D eigenvalue weighted by Crippen LogP contribution is -2.19. The average Bonchev–Trinajstić information content (AvgIpc) is 2.44. The van der Waals surface area contributed by atoms with Crippen molar-refractivity contribution in [2.45, 2.75) is 32.2 Å². The monoisotopic (exact) mass is 182 g/mol. The van der Waals surface area contributed by atoms with Gasteiger partial charge in [-0.3, -0.25) is 0 Å². The molecule has 66 valence electrons. The van der Waals surface area contributed by atoms with Crippen LogP contribution in [0.25, 0.3) is 0 Å². The van der Waals surface area contributed by atoms with Gasteiger partial charge in [-0.25, -0.2) is 4.98 Å². The Hall–Kier alpha value is -0.410. The Morgan fingerprint density at radius 1 is 1.58 bits per heavy atom. The second-order valence-electron chi connectivity index (χ2n) is 3.28. The maximum atomic E-state index is 4.53. The molecule has 1 heterocycles. The van der Waals surface area contributed by atoms with Crippen LogP contribution >= 0.6 is 11.3 Å². The number of hydrogen-bond donors (Lipinski definition) is 1. The van der Waals surface area contributed by atoms with Gasteiger partial charge in [0.2, 0.25) is 0 Å². The summed E-state index contributed by atoms with van der Waals surface area (Å²) >= 11 is 1.85. The highest BCUT2D eigenvalue weighted by Gasteiger charge is 2.21. The number of aryl methyl sites for hydroxylation is 2. The summed E-state index contributed by atoms with van der Waals surface area (Å²) in [4.78, 5) is 6.00. The van der Waals surface area contributed by atoms with E-state index in [0.29, 0.717) is 6.04 Å². The zero-order valence-corrected chi connectivity index (χ0v) is 8.37. The largest absolute Gasteiger partial charge is 0.312 e. The topological polar surface area (TPSA) is 24.9 Å². The van der Waals surface area contributed by atoms with Crippen molar-refractivity contribution in [2.24, 2.45) is 0 Å². The lowest BCUT2D eigenvalue weighted by molar-refractivity contribution is 0.501. The van der Waals surface area contributed by atoms with Crippen LogP contribution < -0.4 is 5.32 Å². The van der Waals surface area contributed by atoms with Crippen LogP contribution in [0.15, 0.2) is 0 Å². The second-order valence-corrected chi connectivity index (χ2v) is 4.51. The molecule has 12 heavy (non-hydrogen) atoms. The Morgan fingerprint density at radius 3 is 3.17 bits per heavy atom. The van der Waals surface area contributed by atoms with Gasteiger partial charge in [0.05, 0.1) is 10.7 Å². The Labute approximate surface area is 77.0 Å². The van der Waals surface area contributed by atoms with E-state index >= 15 is 0 Å². The fourth-order valence-electron chi connectivity index (χ4n) is 1.82. The fourth-order valence-corrected chi connectivity index (χ4v) is 2.94. The molecule has 0 aromatic carbocycles. The normalized spacial score (nSPS) is 22.3. The molecule has 0 bridgehead atoms. The summed E-state index contributed by atoms with van der Waals surface area (Å²) in [7, 11) is 2.04. The number of hydrogen-bond acceptors (Lipinski definition) is 3. The minimum atomic E-state index is 0.569. The summed E-state index contributed by atoms with van der Waals surface area (Å²) in [6.45, 7) is 2.09. The molecule has 2 rings (SSSR count). The van der Waals surface area contributed by atoms with Gasteiger partial charge in [-0.15, -0.1) is 11.3 Å². The van der Waals surface area contributed by atoms with Gasteiger partial charge in [-0.2, -0.15) is 0 Å². The molecule has 1 aliphatic rings. The van der Waals surface area contributed by atoms with Crippen LogP contribution in [-0.2, 0) is 6.42 Å². The van der Waals surface area contributed by atoms with Crippen LogP contribution in [0.5, 0.6) is 0 Å². The lowest BCUT2D eigenvalue weighted by atomic mass is 9.98. The van der Waals surface area contributed by atoms with Gasteiger partial charge in [-0.05, 0) is 33.2 Å². The van der Waals surface area contributed by atoms with E-state index in [1.54, 1.807) is 0 Å². The van der Waals surface area contributed by atoms with E-state index in [4.69, 9.17) is 0 Å². The summed E-state index contributed by atoms with van der Waals surface area (Å²) < 4.78 is 0. The van der Waals surface area contributed by atoms with E-state index in [0.717, 1.165) is 0 Å². The summed E-state index contributed by atoms with van der Waals surface area (Å²) in [6.07, 6.45) is 3.73. The highest BCUT2D eigenvalue weighted by molar-refractivity contribution is 7.11. The molecule has 0 amide bonds. The minimum Gasteiger partial charge on any atom is -0.312 e. The van der Waals surface area contributed by atoms with E-state index in [2.05, 4.69) is 17.2 Å². The summed E-state index contributed by atoms with van der Waals surface area (Å²) in [5, 5.41) is 4.55. The van der Waals surface area contributed by atoms with Gasteiger partial charge >= 0.3 is 0 Å². The zero-order valence-electron chi connectivity index (χ0n) is 7.55. The van der Waals surface area contributed by atoms with E-state index < -0.39 is 0 Å². The van der Waals surface area contributed by atoms with Gasteiger partial charge in [0.25, 0.3) is 0 Å². The van der Waals surface area contributed by atoms with Crippen molar-refractivity contribution in [1.29, 1.82) is 0 Å². The summed E-state index contributed by atoms with van der Waals surface area (Å²) in [6, 6.07) is 0.569. The second kappa shape index (κ2) is 3.15. The predicted octanol–water partition coefficient (Wildman–Crippen LogP) is 2.05. The molecule has 0 saturated heterocycles. The first-order valence-electron chi connectivity index (χ1n) is 4.44. The average molecular weight is 182 g/mol. The highest BCUT2D eigenvalue weighted by Crippen LogP contribution is 2.33. The van der Waals surface area contributed by atoms with Crippen molar-refractivity contribution in [3.63, 3.8) is 0 Å². The van der Waals surface area contributed by atoms with Crippen molar-refractivity contribution >= 4 is 11.3 Å². The van der Waals surface area contributed by atoms with Crippen molar-refractivity contribution < 1.29 is 0 Å². The number of fused-ring (bicyclic) bond motifs is 1. The standard InChI is InChI=1S/C9H14N2S/c1-6-11-8-5-3-4-7(10-2)9(8)12-6/h7,10H,3-5H2,1-2H3/t7-/m1/s1. The highest BCUT2D eigenvalue weighted by atomic mass is 32.1. The van der Waals surface area contributed by atoms with Gasteiger partial charge in [0.15, 0.2) is 0 Å². The summed E-state index contributed by atoms with van der Waals surface area (Å²) in [5.74, 6) is 0. The quantitative estimate of drug-likeness (QED) is 0.719. The van der Waals surface area contributed by atoms with Crippen molar-refractivity contribution in [2.75, 3.05) is 7.05 Å². The molecule has 0 radical (unpaired) electrons. The smallest absolute Gasteiger partial charge is 0.0900 e. The molecule has 0 aliphatic heterocycles. The van der Waals surface area contributed by atoms with Gasteiger partial charge in [0.1, 0.15) is 0 Å². The molecular weight excluding hydrogens is 168 g/mol. The Kier molecular flexibility index (Phi) is 2.15. The molecule has 1 N–H and O–H groups in total. The molecule has 0 saturated carbocycles. The first-order valence-corrected chi connectivity index (χ1v) is 5.26. The third-order valence-corrected chi connectivity index (χ3v) is 3.53. The summed E-state index contributed by atoms with van der Waals surface area (Å²) in [5.41, 5.74) is 1.34. The zero-order chi connectivity index (χ0) is 8.55. The number of aromatic nitrogens is 1. The van der Waals surface area contributed by atoms with Crippen LogP contribution in [0.2, 0.25) is 0 Å². The third-order valence-electron chi connectivity index (χ3n) is 2.41. The molecule has 3 heteroatoms. The number of nitrogens with zero attached hydrogens (tertiary/aromatic N) is 1. The van der Waals surface area contributed by atoms with Crippen molar-refractivity contribution in [3.05, 3.63) is 15.6 Å². The number of thiazole rings is 1. The first kappa shape index (κ1) is 8.20. The number of rotatable bonds is 1. The van der Waals surface area contributed by atoms with E-state index in [1.165, 1.54) is 34.8 Å². The third kappa shape index (κ3) is 1.27. The van der Waals surface area contributed by atoms with Gasteiger partial charge in [0, 0.05) is 10.9 Å². The predicted molar refractivity (Wildman–Crippen MR) is 51.6 cm³/mol. The van der Waals surface area contributed by atoms with Crippen molar-refractivity contribution in [1.82, 2.24) is 10.3 Å². The van der Waals surface area contributed by atoms with Gasteiger partial charge < -0.3 is 5.32 Å². The maximum absolute atomic E-state index is 4.53. The first-order chi connectivity index (χ1) is 5.81. The van der Waals surface area contributed by atoms with E-state index in [1.807, 2.05) is 18.4 Å². The minimum absolute atomic E-state index is 0.569. The SMILES string of the molecule is CN[C@@H]1CCCc2nc(C)sc21. The fraction of sp³-hybridized carbons (Fsp3) is 0.667. The van der Waals surface area contributed by atoms with Crippen LogP contribution in [-0.4, -0.2) is 12.0 Å². The maximum Gasteiger partial charge on any atom is 0.0900 e. The van der Waals surface area contributed by atoms with Crippen LogP contribution in [0.4, 0.5) is 0 Å². The molecule has 1 aromatic rings. The van der Waals surface area contributed by atoms with Crippen LogP contribution in [0, 0.1) is 6.92 Å². The molecule has 0 unspecified atom stereocenters. The molecule has 2 nitrogen and oxygen atoms in total. The molecule has 0 fully saturated rings. The number of nitrogens with one attached hydrogen (secondary N) is 1. The molecule has 1 atom stereocenters. The van der Waals surface area contributed by atoms with Crippen LogP contribution in [0.1, 0.15) is 34.5 Å². The molecule has 1 aliphatic carbocycles. The molecular formula is C9H14N2S. The Bertz CT molecular complexity index is 280. The Balaban J connectivity index is 2.36. The van der Waals surface area contributed by atoms with Crippen molar-refractivity contribution in [3.8, 4) is 0 Å². The van der Waals surface area contributed by atoms with E-state index in [9.17, 15) is 0 Å². The van der Waals surface area contributed by atoms with Gasteiger partial charge in [-0.1, -0.05) is 0 Å². The Morgan fingerprint density at radius 2 is 2.42 bits per heavy atom. The van der Waals surface area contributed by atoms with Crippen LogP contribution in [0.3, 0.4) is 0 Å². The molecule has 0 spiro atoms. The van der Waals surface area contributed by atoms with E-state index in [-0.39, 0.29) is 0 Å². The lowest BCUT2D eigenvalue weighted by Gasteiger charge is -2.20. The molecule has 1 aromatic heterocycles.